The minimum absolute atomic E-state index is 0.280. The lowest BCUT2D eigenvalue weighted by Crippen LogP contribution is -2.04. The highest BCUT2D eigenvalue weighted by atomic mass is 15.1. The maximum Gasteiger partial charge on any atom is 0.107 e. The predicted molar refractivity (Wildman–Crippen MR) is 84.7 cm³/mol. The highest BCUT2D eigenvalue weighted by molar-refractivity contribution is 5.76. The molecule has 0 bridgehead atoms. The molecule has 1 atom stereocenters. The number of imidazole rings is 1. The van der Waals surface area contributed by atoms with Crippen molar-refractivity contribution in [2.75, 3.05) is 0 Å². The zero-order valence-corrected chi connectivity index (χ0v) is 11.8. The average molecular weight is 262 g/mol. The first kappa shape index (κ1) is 12.7. The molecule has 1 unspecified atom stereocenters. The van der Waals surface area contributed by atoms with Gasteiger partial charge in [-0.2, -0.15) is 0 Å². The van der Waals surface area contributed by atoms with Gasteiger partial charge in [-0.15, -0.1) is 0 Å². The van der Waals surface area contributed by atoms with Gasteiger partial charge in [-0.3, -0.25) is 0 Å². The summed E-state index contributed by atoms with van der Waals surface area (Å²) in [6, 6.07) is 18.9. The number of benzene rings is 2. The third-order valence-corrected chi connectivity index (χ3v) is 3.55. The summed E-state index contributed by atoms with van der Waals surface area (Å²) in [4.78, 5) is 4.62. The summed E-state index contributed by atoms with van der Waals surface area (Å²) >= 11 is 0. The van der Waals surface area contributed by atoms with Crippen molar-refractivity contribution in [1.29, 1.82) is 0 Å². The van der Waals surface area contributed by atoms with Crippen molar-refractivity contribution in [3.05, 3.63) is 72.1 Å². The fourth-order valence-corrected chi connectivity index (χ4v) is 2.58. The SMILES string of the molecule is Cc1nc2ccccc2n1C(C)/C=C/c1ccccc1. The lowest BCUT2D eigenvalue weighted by atomic mass is 10.2. The molecular weight excluding hydrogens is 244 g/mol. The zero-order chi connectivity index (χ0) is 13.9. The van der Waals surface area contributed by atoms with Gasteiger partial charge in [0.15, 0.2) is 0 Å². The average Bonchev–Trinajstić information content (AvgIpc) is 2.82. The van der Waals surface area contributed by atoms with E-state index in [1.807, 2.05) is 12.1 Å². The quantitative estimate of drug-likeness (QED) is 0.673. The minimum atomic E-state index is 0.280. The Hall–Kier alpha value is -2.35. The van der Waals surface area contributed by atoms with Crippen LogP contribution in [0.15, 0.2) is 60.7 Å². The molecule has 1 aromatic heterocycles. The van der Waals surface area contributed by atoms with Crippen LogP contribution in [0, 0.1) is 6.92 Å². The monoisotopic (exact) mass is 262 g/mol. The number of allylic oxidation sites excluding steroid dienone is 1. The van der Waals surface area contributed by atoms with Crippen LogP contribution in [-0.4, -0.2) is 9.55 Å². The number of aromatic nitrogens is 2. The molecule has 1 heterocycles. The van der Waals surface area contributed by atoms with Crippen LogP contribution in [0.5, 0.6) is 0 Å². The van der Waals surface area contributed by atoms with Gasteiger partial charge in [0, 0.05) is 0 Å². The van der Waals surface area contributed by atoms with Crippen LogP contribution in [0.2, 0.25) is 0 Å². The van der Waals surface area contributed by atoms with Crippen molar-refractivity contribution in [2.45, 2.75) is 19.9 Å². The normalized spacial score (nSPS) is 13.1. The largest absolute Gasteiger partial charge is 0.321 e. The first-order valence-electron chi connectivity index (χ1n) is 6.92. The van der Waals surface area contributed by atoms with Crippen LogP contribution in [0.1, 0.15) is 24.4 Å². The van der Waals surface area contributed by atoms with Crippen LogP contribution >= 0.6 is 0 Å². The highest BCUT2D eigenvalue weighted by Crippen LogP contribution is 2.22. The van der Waals surface area contributed by atoms with Gasteiger partial charge in [-0.05, 0) is 31.5 Å². The van der Waals surface area contributed by atoms with E-state index in [2.05, 4.69) is 78.0 Å². The van der Waals surface area contributed by atoms with E-state index in [9.17, 15) is 0 Å². The third kappa shape index (κ3) is 2.37. The lowest BCUT2D eigenvalue weighted by molar-refractivity contribution is 0.660. The summed E-state index contributed by atoms with van der Waals surface area (Å²) in [7, 11) is 0. The smallest absolute Gasteiger partial charge is 0.107 e. The molecule has 0 spiro atoms. The van der Waals surface area contributed by atoms with E-state index in [-0.39, 0.29) is 6.04 Å². The fourth-order valence-electron chi connectivity index (χ4n) is 2.58. The number of hydrogen-bond donors (Lipinski definition) is 0. The summed E-state index contributed by atoms with van der Waals surface area (Å²) in [6.45, 7) is 4.26. The van der Waals surface area contributed by atoms with E-state index in [0.29, 0.717) is 0 Å². The second-order valence-electron chi connectivity index (χ2n) is 5.03. The van der Waals surface area contributed by atoms with E-state index in [4.69, 9.17) is 0 Å². The van der Waals surface area contributed by atoms with Crippen molar-refractivity contribution in [3.8, 4) is 0 Å². The van der Waals surface area contributed by atoms with Crippen LogP contribution in [0.4, 0.5) is 0 Å². The minimum Gasteiger partial charge on any atom is -0.321 e. The molecular formula is C18H18N2. The molecule has 2 aromatic carbocycles. The summed E-state index contributed by atoms with van der Waals surface area (Å²) in [5.41, 5.74) is 3.47. The second kappa shape index (κ2) is 5.33. The van der Waals surface area contributed by atoms with E-state index in [1.165, 1.54) is 11.1 Å². The predicted octanol–water partition coefficient (Wildman–Crippen LogP) is 4.62. The van der Waals surface area contributed by atoms with Gasteiger partial charge in [0.25, 0.3) is 0 Å². The Morgan fingerprint density at radius 2 is 1.70 bits per heavy atom. The third-order valence-electron chi connectivity index (χ3n) is 3.55. The van der Waals surface area contributed by atoms with Crippen LogP contribution < -0.4 is 0 Å². The Morgan fingerprint density at radius 3 is 2.50 bits per heavy atom. The molecule has 0 saturated heterocycles. The molecule has 0 aliphatic carbocycles. The number of rotatable bonds is 3. The summed E-state index contributed by atoms with van der Waals surface area (Å²) in [5, 5.41) is 0. The molecule has 0 aliphatic rings. The number of aryl methyl sites for hydroxylation is 1. The molecule has 3 aromatic rings. The number of para-hydroxylation sites is 2. The maximum atomic E-state index is 4.62. The van der Waals surface area contributed by atoms with Gasteiger partial charge in [0.2, 0.25) is 0 Å². The standard InChI is InChI=1S/C18H18N2/c1-14(12-13-16-8-4-3-5-9-16)20-15(2)19-17-10-6-7-11-18(17)20/h3-14H,1-2H3/b13-12+. The van der Waals surface area contributed by atoms with Crippen LogP contribution in [0.3, 0.4) is 0 Å². The van der Waals surface area contributed by atoms with E-state index in [0.717, 1.165) is 11.3 Å². The molecule has 0 N–H and O–H groups in total. The van der Waals surface area contributed by atoms with Crippen molar-refractivity contribution in [2.24, 2.45) is 0 Å². The van der Waals surface area contributed by atoms with Gasteiger partial charge in [0.05, 0.1) is 17.1 Å². The molecule has 0 aliphatic heterocycles. The molecule has 3 rings (SSSR count). The van der Waals surface area contributed by atoms with Crippen molar-refractivity contribution in [1.82, 2.24) is 9.55 Å². The van der Waals surface area contributed by atoms with Gasteiger partial charge < -0.3 is 4.57 Å². The molecule has 0 saturated carbocycles. The second-order valence-corrected chi connectivity index (χ2v) is 5.03. The summed E-state index contributed by atoms with van der Waals surface area (Å²) in [5.74, 6) is 1.05. The Balaban J connectivity index is 1.95. The first-order chi connectivity index (χ1) is 9.75. The van der Waals surface area contributed by atoms with Crippen molar-refractivity contribution < 1.29 is 0 Å². The Bertz CT molecular complexity index is 738. The lowest BCUT2D eigenvalue weighted by Gasteiger charge is -2.12. The van der Waals surface area contributed by atoms with Crippen molar-refractivity contribution in [3.63, 3.8) is 0 Å². The van der Waals surface area contributed by atoms with Gasteiger partial charge in [-0.25, -0.2) is 4.98 Å². The van der Waals surface area contributed by atoms with Crippen LogP contribution in [0.25, 0.3) is 17.1 Å². The molecule has 2 heteroatoms. The fraction of sp³-hybridized carbons (Fsp3) is 0.167. The highest BCUT2D eigenvalue weighted by Gasteiger charge is 2.10. The van der Waals surface area contributed by atoms with Crippen LogP contribution in [-0.2, 0) is 0 Å². The molecule has 0 radical (unpaired) electrons. The molecule has 0 fully saturated rings. The summed E-state index contributed by atoms with van der Waals surface area (Å²) < 4.78 is 2.27. The van der Waals surface area contributed by atoms with E-state index in [1.54, 1.807) is 0 Å². The van der Waals surface area contributed by atoms with Crippen molar-refractivity contribution >= 4 is 17.1 Å². The number of fused-ring (bicyclic) bond motifs is 1. The van der Waals surface area contributed by atoms with E-state index < -0.39 is 0 Å². The summed E-state index contributed by atoms with van der Waals surface area (Å²) in [6.07, 6.45) is 4.38. The maximum absolute atomic E-state index is 4.62. The molecule has 20 heavy (non-hydrogen) atoms. The zero-order valence-electron chi connectivity index (χ0n) is 11.8. The topological polar surface area (TPSA) is 17.8 Å². The Labute approximate surface area is 119 Å². The van der Waals surface area contributed by atoms with Gasteiger partial charge >= 0.3 is 0 Å². The molecule has 2 nitrogen and oxygen atoms in total. The number of hydrogen-bond acceptors (Lipinski definition) is 1. The van der Waals surface area contributed by atoms with Gasteiger partial charge in [-0.1, -0.05) is 54.6 Å². The first-order valence-corrected chi connectivity index (χ1v) is 6.92. The van der Waals surface area contributed by atoms with E-state index >= 15 is 0 Å². The Morgan fingerprint density at radius 1 is 1.00 bits per heavy atom. The molecule has 100 valence electrons. The molecule has 0 amide bonds. The van der Waals surface area contributed by atoms with Gasteiger partial charge in [0.1, 0.15) is 5.82 Å². The number of nitrogens with zero attached hydrogens (tertiary/aromatic N) is 2. The Kier molecular flexibility index (Phi) is 3.38.